The normalized spacial score (nSPS) is 14.4. The predicted octanol–water partition coefficient (Wildman–Crippen LogP) is 5.17. The standard InChI is InChI=1S/C18H31N/c1-6-8-9-17(7-2)13-19-16(5)18-11-14(3)10-15(4)12-18/h10-12,16-17,19H,6-9,13H2,1-5H3. The predicted molar refractivity (Wildman–Crippen MR) is 85.6 cm³/mol. The Morgan fingerprint density at radius 1 is 1.05 bits per heavy atom. The van der Waals surface area contributed by atoms with Crippen LogP contribution in [0.15, 0.2) is 18.2 Å². The molecule has 1 heteroatoms. The smallest absolute Gasteiger partial charge is 0.0292 e. The summed E-state index contributed by atoms with van der Waals surface area (Å²) in [4.78, 5) is 0. The molecule has 0 saturated heterocycles. The van der Waals surface area contributed by atoms with E-state index in [1.54, 1.807) is 0 Å². The molecule has 0 amide bonds. The molecule has 0 radical (unpaired) electrons. The Hall–Kier alpha value is -0.820. The number of nitrogens with one attached hydrogen (secondary N) is 1. The molecule has 0 fully saturated rings. The van der Waals surface area contributed by atoms with Gasteiger partial charge in [-0.25, -0.2) is 0 Å². The molecule has 1 aromatic carbocycles. The van der Waals surface area contributed by atoms with Gasteiger partial charge in [-0.2, -0.15) is 0 Å². The Morgan fingerprint density at radius 3 is 2.21 bits per heavy atom. The van der Waals surface area contributed by atoms with Crippen LogP contribution in [0, 0.1) is 19.8 Å². The highest BCUT2D eigenvalue weighted by atomic mass is 14.9. The van der Waals surface area contributed by atoms with Crippen LogP contribution in [0.4, 0.5) is 0 Å². The zero-order valence-corrected chi connectivity index (χ0v) is 13.4. The van der Waals surface area contributed by atoms with Crippen molar-refractivity contribution in [1.29, 1.82) is 0 Å². The molecule has 0 aliphatic rings. The average molecular weight is 261 g/mol. The summed E-state index contributed by atoms with van der Waals surface area (Å²) in [6, 6.07) is 7.30. The molecule has 0 aliphatic heterocycles. The lowest BCUT2D eigenvalue weighted by molar-refractivity contribution is 0.398. The van der Waals surface area contributed by atoms with Gasteiger partial charge in [0.1, 0.15) is 0 Å². The number of hydrogen-bond donors (Lipinski definition) is 1. The third kappa shape index (κ3) is 5.78. The van der Waals surface area contributed by atoms with E-state index < -0.39 is 0 Å². The van der Waals surface area contributed by atoms with Crippen molar-refractivity contribution >= 4 is 0 Å². The third-order valence-corrected chi connectivity index (χ3v) is 4.00. The fraction of sp³-hybridized carbons (Fsp3) is 0.667. The van der Waals surface area contributed by atoms with Crippen molar-refractivity contribution in [2.24, 2.45) is 5.92 Å². The zero-order chi connectivity index (χ0) is 14.3. The summed E-state index contributed by atoms with van der Waals surface area (Å²) in [5, 5.41) is 3.71. The molecule has 1 nitrogen and oxygen atoms in total. The quantitative estimate of drug-likeness (QED) is 0.680. The van der Waals surface area contributed by atoms with Crippen molar-refractivity contribution in [2.45, 2.75) is 66.3 Å². The van der Waals surface area contributed by atoms with Gasteiger partial charge in [-0.15, -0.1) is 0 Å². The minimum Gasteiger partial charge on any atom is -0.310 e. The lowest BCUT2D eigenvalue weighted by atomic mass is 9.98. The molecule has 1 aromatic rings. The van der Waals surface area contributed by atoms with Crippen molar-refractivity contribution in [3.8, 4) is 0 Å². The molecular formula is C18H31N. The minimum absolute atomic E-state index is 0.453. The number of benzene rings is 1. The van der Waals surface area contributed by atoms with Crippen molar-refractivity contribution in [3.05, 3.63) is 34.9 Å². The summed E-state index contributed by atoms with van der Waals surface area (Å²) in [5.74, 6) is 0.827. The number of aryl methyl sites for hydroxylation is 2. The maximum atomic E-state index is 3.71. The van der Waals surface area contributed by atoms with Gasteiger partial charge in [-0.3, -0.25) is 0 Å². The van der Waals surface area contributed by atoms with Crippen molar-refractivity contribution in [3.63, 3.8) is 0 Å². The summed E-state index contributed by atoms with van der Waals surface area (Å²) < 4.78 is 0. The second-order valence-corrected chi connectivity index (χ2v) is 5.97. The second kappa shape index (κ2) is 8.37. The lowest BCUT2D eigenvalue weighted by Crippen LogP contribution is -2.25. The van der Waals surface area contributed by atoms with E-state index in [0.717, 1.165) is 12.5 Å². The van der Waals surface area contributed by atoms with Gasteiger partial charge in [0.25, 0.3) is 0 Å². The largest absolute Gasteiger partial charge is 0.310 e. The monoisotopic (exact) mass is 261 g/mol. The van der Waals surface area contributed by atoms with E-state index >= 15 is 0 Å². The van der Waals surface area contributed by atoms with E-state index in [1.807, 2.05) is 0 Å². The first-order chi connectivity index (χ1) is 9.06. The van der Waals surface area contributed by atoms with Crippen molar-refractivity contribution in [2.75, 3.05) is 6.54 Å². The molecular weight excluding hydrogens is 230 g/mol. The first kappa shape index (κ1) is 16.2. The van der Waals surface area contributed by atoms with Crippen LogP contribution in [0.2, 0.25) is 0 Å². The Morgan fingerprint density at radius 2 is 1.68 bits per heavy atom. The van der Waals surface area contributed by atoms with E-state index in [2.05, 4.69) is 58.1 Å². The molecule has 19 heavy (non-hydrogen) atoms. The van der Waals surface area contributed by atoms with E-state index in [4.69, 9.17) is 0 Å². The molecule has 0 spiro atoms. The molecule has 108 valence electrons. The highest BCUT2D eigenvalue weighted by Gasteiger charge is 2.10. The highest BCUT2D eigenvalue weighted by Crippen LogP contribution is 2.18. The maximum absolute atomic E-state index is 3.71. The Balaban J connectivity index is 2.51. The van der Waals surface area contributed by atoms with Gasteiger partial charge in [-0.1, -0.05) is 62.4 Å². The van der Waals surface area contributed by atoms with Crippen LogP contribution < -0.4 is 5.32 Å². The zero-order valence-electron chi connectivity index (χ0n) is 13.4. The Labute approximate surface area is 119 Å². The van der Waals surface area contributed by atoms with Gasteiger partial charge in [0, 0.05) is 6.04 Å². The topological polar surface area (TPSA) is 12.0 Å². The van der Waals surface area contributed by atoms with E-state index in [0.29, 0.717) is 6.04 Å². The molecule has 0 aliphatic carbocycles. The average Bonchev–Trinajstić information content (AvgIpc) is 2.37. The van der Waals surface area contributed by atoms with Crippen LogP contribution in [-0.2, 0) is 0 Å². The van der Waals surface area contributed by atoms with Gasteiger partial charge in [0.15, 0.2) is 0 Å². The van der Waals surface area contributed by atoms with Crippen LogP contribution in [0.25, 0.3) is 0 Å². The van der Waals surface area contributed by atoms with Crippen LogP contribution in [0.1, 0.15) is 69.2 Å². The van der Waals surface area contributed by atoms with Gasteiger partial charge >= 0.3 is 0 Å². The van der Waals surface area contributed by atoms with Crippen LogP contribution >= 0.6 is 0 Å². The van der Waals surface area contributed by atoms with E-state index in [1.165, 1.54) is 42.4 Å². The molecule has 0 aromatic heterocycles. The fourth-order valence-electron chi connectivity index (χ4n) is 2.66. The van der Waals surface area contributed by atoms with Crippen LogP contribution in [0.3, 0.4) is 0 Å². The lowest BCUT2D eigenvalue weighted by Gasteiger charge is -2.20. The molecule has 2 unspecified atom stereocenters. The van der Waals surface area contributed by atoms with Crippen LogP contribution in [0.5, 0.6) is 0 Å². The molecule has 0 bridgehead atoms. The molecule has 1 N–H and O–H groups in total. The minimum atomic E-state index is 0.453. The van der Waals surface area contributed by atoms with Crippen molar-refractivity contribution in [1.82, 2.24) is 5.32 Å². The fourth-order valence-corrected chi connectivity index (χ4v) is 2.66. The maximum Gasteiger partial charge on any atom is 0.0292 e. The summed E-state index contributed by atoms with van der Waals surface area (Å²) in [6.45, 7) is 12.4. The van der Waals surface area contributed by atoms with Gasteiger partial charge in [0.05, 0.1) is 0 Å². The van der Waals surface area contributed by atoms with Gasteiger partial charge < -0.3 is 5.32 Å². The van der Waals surface area contributed by atoms with Gasteiger partial charge in [-0.05, 0) is 45.2 Å². The number of hydrogen-bond acceptors (Lipinski definition) is 1. The second-order valence-electron chi connectivity index (χ2n) is 5.97. The number of unbranched alkanes of at least 4 members (excludes halogenated alkanes) is 1. The first-order valence-electron chi connectivity index (χ1n) is 7.88. The summed E-state index contributed by atoms with van der Waals surface area (Å²) >= 11 is 0. The summed E-state index contributed by atoms with van der Waals surface area (Å²) in [5.41, 5.74) is 4.14. The summed E-state index contributed by atoms with van der Waals surface area (Å²) in [6.07, 6.45) is 5.31. The Bertz CT molecular complexity index is 350. The first-order valence-corrected chi connectivity index (χ1v) is 7.88. The SMILES string of the molecule is CCCCC(CC)CNC(C)c1cc(C)cc(C)c1. The molecule has 0 heterocycles. The molecule has 1 rings (SSSR count). The van der Waals surface area contributed by atoms with E-state index in [-0.39, 0.29) is 0 Å². The highest BCUT2D eigenvalue weighted by molar-refractivity contribution is 5.30. The third-order valence-electron chi connectivity index (χ3n) is 4.00. The van der Waals surface area contributed by atoms with E-state index in [9.17, 15) is 0 Å². The molecule has 0 saturated carbocycles. The molecule has 2 atom stereocenters. The van der Waals surface area contributed by atoms with Crippen molar-refractivity contribution < 1.29 is 0 Å². The number of rotatable bonds is 8. The summed E-state index contributed by atoms with van der Waals surface area (Å²) in [7, 11) is 0. The Kier molecular flexibility index (Phi) is 7.15. The van der Waals surface area contributed by atoms with Crippen LogP contribution in [-0.4, -0.2) is 6.54 Å². The van der Waals surface area contributed by atoms with Gasteiger partial charge in [0.2, 0.25) is 0 Å².